The minimum absolute atomic E-state index is 0.0939. The van der Waals surface area contributed by atoms with E-state index in [0.29, 0.717) is 24.3 Å². The van der Waals surface area contributed by atoms with Gasteiger partial charge in [-0.1, -0.05) is 36.4 Å². The fourth-order valence-electron chi connectivity index (χ4n) is 4.08. The molecule has 3 aromatic rings. The normalized spacial score (nSPS) is 13.7. The van der Waals surface area contributed by atoms with E-state index in [9.17, 15) is 21.6 Å². The van der Waals surface area contributed by atoms with Gasteiger partial charge in [0.05, 0.1) is 15.5 Å². The highest BCUT2D eigenvalue weighted by molar-refractivity contribution is 7.92. The molecule has 0 aliphatic carbocycles. The lowest BCUT2D eigenvalue weighted by Gasteiger charge is -2.28. The van der Waals surface area contributed by atoms with Crippen LogP contribution in [0.4, 0.5) is 11.4 Å². The Morgan fingerprint density at radius 2 is 1.51 bits per heavy atom. The molecule has 3 aromatic carbocycles. The van der Waals surface area contributed by atoms with Crippen molar-refractivity contribution in [1.82, 2.24) is 4.31 Å². The number of aryl methyl sites for hydroxylation is 1. The summed E-state index contributed by atoms with van der Waals surface area (Å²) in [7, 11) is -4.69. The first-order valence-electron chi connectivity index (χ1n) is 11.0. The Hall–Kier alpha value is -3.21. The lowest BCUT2D eigenvalue weighted by molar-refractivity contribution is -0.117. The van der Waals surface area contributed by atoms with Crippen molar-refractivity contribution in [2.24, 2.45) is 0 Å². The molecule has 0 spiro atoms. The summed E-state index contributed by atoms with van der Waals surface area (Å²) >= 11 is 0. The number of carbonyl (C=O) groups is 1. The lowest BCUT2D eigenvalue weighted by atomic mass is 10.2. The monoisotopic (exact) mass is 513 g/mol. The van der Waals surface area contributed by atoms with Gasteiger partial charge in [-0.25, -0.2) is 21.1 Å². The van der Waals surface area contributed by atoms with Crippen molar-refractivity contribution >= 4 is 37.3 Å². The van der Waals surface area contributed by atoms with Crippen molar-refractivity contribution < 1.29 is 21.6 Å². The van der Waals surface area contributed by atoms with Crippen LogP contribution < -0.4 is 9.21 Å². The summed E-state index contributed by atoms with van der Waals surface area (Å²) in [5, 5.41) is 0. The first kappa shape index (κ1) is 24.9. The number of hydrogen-bond donors (Lipinski definition) is 0. The molecule has 1 aliphatic heterocycles. The molecule has 1 heterocycles. The molecule has 8 nitrogen and oxygen atoms in total. The van der Waals surface area contributed by atoms with E-state index in [0.717, 1.165) is 19.7 Å². The summed E-state index contributed by atoms with van der Waals surface area (Å²) in [5.74, 6) is -0.394. The van der Waals surface area contributed by atoms with Crippen LogP contribution >= 0.6 is 0 Å². The Morgan fingerprint density at radius 3 is 2.17 bits per heavy atom. The minimum Gasteiger partial charge on any atom is -0.310 e. The summed E-state index contributed by atoms with van der Waals surface area (Å²) in [6.07, 6.45) is 0.480. The van der Waals surface area contributed by atoms with E-state index in [-0.39, 0.29) is 16.3 Å². The molecule has 0 atom stereocenters. The molecule has 0 saturated carbocycles. The Labute approximate surface area is 206 Å². The Kier molecular flexibility index (Phi) is 6.72. The maximum absolute atomic E-state index is 13.6. The number of benzene rings is 3. The highest BCUT2D eigenvalue weighted by atomic mass is 32.2. The van der Waals surface area contributed by atoms with Gasteiger partial charge in [-0.3, -0.25) is 9.10 Å². The van der Waals surface area contributed by atoms with E-state index >= 15 is 0 Å². The summed E-state index contributed by atoms with van der Waals surface area (Å²) in [6.45, 7) is 1.75. The molecule has 0 bridgehead atoms. The average Bonchev–Trinajstić information content (AvgIpc) is 3.27. The number of anilines is 2. The van der Waals surface area contributed by atoms with Gasteiger partial charge >= 0.3 is 0 Å². The van der Waals surface area contributed by atoms with Crippen molar-refractivity contribution in [3.63, 3.8) is 0 Å². The van der Waals surface area contributed by atoms with Gasteiger partial charge in [0.15, 0.2) is 0 Å². The summed E-state index contributed by atoms with van der Waals surface area (Å²) < 4.78 is 54.4. The van der Waals surface area contributed by atoms with Crippen LogP contribution in [0.25, 0.3) is 0 Å². The molecule has 1 aliphatic rings. The maximum atomic E-state index is 13.6. The van der Waals surface area contributed by atoms with E-state index in [2.05, 4.69) is 0 Å². The Morgan fingerprint density at radius 1 is 0.857 bits per heavy atom. The third-order valence-corrected chi connectivity index (χ3v) is 9.61. The largest absolute Gasteiger partial charge is 0.310 e. The minimum atomic E-state index is -4.01. The summed E-state index contributed by atoms with van der Waals surface area (Å²) in [4.78, 5) is 15.2. The van der Waals surface area contributed by atoms with Gasteiger partial charge in [0.25, 0.3) is 10.0 Å². The second-order valence-corrected chi connectivity index (χ2v) is 12.5. The number of carbonyl (C=O) groups excluding carboxylic acids is 1. The third-order valence-electron chi connectivity index (χ3n) is 6.02. The van der Waals surface area contributed by atoms with Crippen molar-refractivity contribution in [3.8, 4) is 0 Å². The standard InChI is InChI=1S/C25H27N3O5S2/c1-19-9-7-8-12-23(19)28(35(32,33)21-10-5-4-6-11-21)18-25(29)27-16-15-20-17-22(13-14-24(20)27)34(30,31)26(2)3/h4-14,17H,15-16,18H2,1-3H3. The molecule has 0 saturated heterocycles. The van der Waals surface area contributed by atoms with Crippen molar-refractivity contribution in [1.29, 1.82) is 0 Å². The molecular weight excluding hydrogens is 486 g/mol. The first-order valence-corrected chi connectivity index (χ1v) is 13.9. The molecule has 4 rings (SSSR count). The Bertz CT molecular complexity index is 1470. The zero-order chi connectivity index (χ0) is 25.4. The SMILES string of the molecule is Cc1ccccc1N(CC(=O)N1CCc2cc(S(=O)(=O)N(C)C)ccc21)S(=O)(=O)c1ccccc1. The highest BCUT2D eigenvalue weighted by Gasteiger charge is 2.33. The van der Waals surface area contributed by atoms with Crippen LogP contribution in [0, 0.1) is 6.92 Å². The number of amides is 1. The summed E-state index contributed by atoms with van der Waals surface area (Å²) in [6, 6.07) is 19.7. The van der Waals surface area contributed by atoms with E-state index in [1.54, 1.807) is 55.5 Å². The topological polar surface area (TPSA) is 95.1 Å². The fourth-order valence-corrected chi connectivity index (χ4v) is 6.53. The molecule has 0 unspecified atom stereocenters. The smallest absolute Gasteiger partial charge is 0.264 e. The van der Waals surface area contributed by atoms with Gasteiger partial charge in [-0.15, -0.1) is 0 Å². The quantitative estimate of drug-likeness (QED) is 0.484. The van der Waals surface area contributed by atoms with Crippen LogP contribution in [0.3, 0.4) is 0 Å². The predicted octanol–water partition coefficient (Wildman–Crippen LogP) is 3.03. The molecule has 0 aromatic heterocycles. The van der Waals surface area contributed by atoms with Crippen LogP contribution in [0.2, 0.25) is 0 Å². The van der Waals surface area contributed by atoms with Gasteiger partial charge in [0, 0.05) is 26.3 Å². The van der Waals surface area contributed by atoms with Gasteiger partial charge in [-0.2, -0.15) is 0 Å². The van der Waals surface area contributed by atoms with E-state index < -0.39 is 26.0 Å². The molecule has 1 amide bonds. The molecule has 0 N–H and O–H groups in total. The lowest BCUT2D eigenvalue weighted by Crippen LogP contribution is -2.43. The number of nitrogens with zero attached hydrogens (tertiary/aromatic N) is 3. The van der Waals surface area contributed by atoms with Crippen molar-refractivity contribution in [2.75, 3.05) is 36.4 Å². The van der Waals surface area contributed by atoms with E-state index in [4.69, 9.17) is 0 Å². The van der Waals surface area contributed by atoms with Crippen molar-refractivity contribution in [3.05, 3.63) is 83.9 Å². The molecule has 10 heteroatoms. The van der Waals surface area contributed by atoms with Gasteiger partial charge in [-0.05, 0) is 60.9 Å². The summed E-state index contributed by atoms with van der Waals surface area (Å²) in [5.41, 5.74) is 2.47. The molecular formula is C25H27N3O5S2. The van der Waals surface area contributed by atoms with Crippen LogP contribution in [0.5, 0.6) is 0 Å². The van der Waals surface area contributed by atoms with E-state index in [1.807, 2.05) is 6.07 Å². The van der Waals surface area contributed by atoms with Crippen LogP contribution in [-0.2, 0) is 31.3 Å². The van der Waals surface area contributed by atoms with Gasteiger partial charge in [0.1, 0.15) is 6.54 Å². The second-order valence-electron chi connectivity index (χ2n) is 8.48. The molecule has 0 radical (unpaired) electrons. The Balaban J connectivity index is 1.69. The van der Waals surface area contributed by atoms with Crippen LogP contribution in [0.1, 0.15) is 11.1 Å². The van der Waals surface area contributed by atoms with Gasteiger partial charge in [0.2, 0.25) is 15.9 Å². The van der Waals surface area contributed by atoms with Crippen LogP contribution in [-0.4, -0.2) is 54.2 Å². The molecule has 35 heavy (non-hydrogen) atoms. The molecule has 0 fully saturated rings. The average molecular weight is 514 g/mol. The van der Waals surface area contributed by atoms with E-state index in [1.165, 1.54) is 37.2 Å². The number of sulfonamides is 2. The number of para-hydroxylation sites is 1. The second kappa shape index (κ2) is 9.44. The number of hydrogen-bond acceptors (Lipinski definition) is 5. The zero-order valence-corrected chi connectivity index (χ0v) is 21.4. The third kappa shape index (κ3) is 4.69. The number of rotatable bonds is 7. The van der Waals surface area contributed by atoms with Crippen molar-refractivity contribution in [2.45, 2.75) is 23.1 Å². The van der Waals surface area contributed by atoms with Crippen LogP contribution in [0.15, 0.2) is 82.6 Å². The maximum Gasteiger partial charge on any atom is 0.264 e. The fraction of sp³-hybridized carbons (Fsp3) is 0.240. The predicted molar refractivity (Wildman–Crippen MR) is 136 cm³/mol. The van der Waals surface area contributed by atoms with Gasteiger partial charge < -0.3 is 4.90 Å². The highest BCUT2D eigenvalue weighted by Crippen LogP contribution is 2.32. The zero-order valence-electron chi connectivity index (χ0n) is 19.7. The first-order chi connectivity index (χ1) is 16.5. The number of fused-ring (bicyclic) bond motifs is 1. The molecule has 184 valence electrons.